The van der Waals surface area contributed by atoms with E-state index in [0.717, 1.165) is 26.8 Å². The third kappa shape index (κ3) is 5.38. The van der Waals surface area contributed by atoms with Crippen LogP contribution < -0.4 is 4.74 Å². The normalized spacial score (nSPS) is 11.9. The van der Waals surface area contributed by atoms with Gasteiger partial charge in [0, 0.05) is 23.3 Å². The van der Waals surface area contributed by atoms with E-state index in [1.807, 2.05) is 32.0 Å². The molecule has 0 aliphatic carbocycles. The molecule has 0 aliphatic rings. The van der Waals surface area contributed by atoms with E-state index < -0.39 is 16.0 Å². The largest absolute Gasteiger partial charge is 0.482 e. The number of hydrogen-bond donors (Lipinski definition) is 1. The highest BCUT2D eigenvalue weighted by molar-refractivity contribution is 7.91. The van der Waals surface area contributed by atoms with Crippen LogP contribution in [0.15, 0.2) is 40.6 Å². The number of carboxylic acid groups (broad SMARTS) is 1. The van der Waals surface area contributed by atoms with Crippen molar-refractivity contribution in [1.82, 2.24) is 4.31 Å². The number of ether oxygens (including phenoxy) is 1. The molecular formula is C22H24ClNO5S2. The van der Waals surface area contributed by atoms with Crippen molar-refractivity contribution in [2.45, 2.75) is 30.9 Å². The Bertz CT molecular complexity index is 1220. The Hall–Kier alpha value is -2.13. The van der Waals surface area contributed by atoms with Crippen molar-refractivity contribution in [2.24, 2.45) is 0 Å². The number of aliphatic carboxylic acids is 1. The van der Waals surface area contributed by atoms with Gasteiger partial charge in [-0.1, -0.05) is 23.7 Å². The molecule has 3 aromatic rings. The molecule has 0 saturated carbocycles. The maximum Gasteiger partial charge on any atom is 0.341 e. The molecule has 2 aromatic carbocycles. The van der Waals surface area contributed by atoms with Gasteiger partial charge in [0.25, 0.3) is 10.0 Å². The molecular weight excluding hydrogens is 458 g/mol. The summed E-state index contributed by atoms with van der Waals surface area (Å²) >= 11 is 7.33. The van der Waals surface area contributed by atoms with Gasteiger partial charge in [0.05, 0.1) is 0 Å². The molecule has 0 amide bonds. The Balaban J connectivity index is 1.65. The molecule has 0 atom stereocenters. The first-order valence-corrected chi connectivity index (χ1v) is 12.3. The summed E-state index contributed by atoms with van der Waals surface area (Å²) in [5.74, 6) is -0.490. The Labute approximate surface area is 191 Å². The van der Waals surface area contributed by atoms with E-state index in [-0.39, 0.29) is 6.61 Å². The molecule has 1 N–H and O–H groups in total. The Morgan fingerprint density at radius 1 is 1.19 bits per heavy atom. The van der Waals surface area contributed by atoms with Crippen LogP contribution in [0.2, 0.25) is 5.02 Å². The van der Waals surface area contributed by atoms with Crippen LogP contribution in [0.1, 0.15) is 23.1 Å². The number of carbonyl (C=O) groups is 1. The van der Waals surface area contributed by atoms with Gasteiger partial charge >= 0.3 is 5.97 Å². The topological polar surface area (TPSA) is 83.9 Å². The Morgan fingerprint density at radius 2 is 1.94 bits per heavy atom. The molecule has 0 aliphatic heterocycles. The van der Waals surface area contributed by atoms with Crippen molar-refractivity contribution in [3.63, 3.8) is 0 Å². The number of thiophene rings is 1. The monoisotopic (exact) mass is 481 g/mol. The lowest BCUT2D eigenvalue weighted by molar-refractivity contribution is -0.139. The quantitative estimate of drug-likeness (QED) is 0.470. The fourth-order valence-corrected chi connectivity index (χ4v) is 6.67. The summed E-state index contributed by atoms with van der Waals surface area (Å²) in [5.41, 5.74) is 2.61. The minimum absolute atomic E-state index is 0.350. The highest BCUT2D eigenvalue weighted by Crippen LogP contribution is 2.36. The summed E-state index contributed by atoms with van der Waals surface area (Å²) in [6.45, 7) is 3.67. The number of carboxylic acids is 1. The Morgan fingerprint density at radius 3 is 2.61 bits per heavy atom. The van der Waals surface area contributed by atoms with E-state index in [2.05, 4.69) is 0 Å². The molecule has 9 heteroatoms. The first kappa shape index (κ1) is 23.5. The van der Waals surface area contributed by atoms with Crippen molar-refractivity contribution in [2.75, 3.05) is 20.2 Å². The van der Waals surface area contributed by atoms with Gasteiger partial charge in [-0.2, -0.15) is 0 Å². The number of rotatable bonds is 9. The molecule has 1 aromatic heterocycles. The molecule has 3 rings (SSSR count). The standard InChI is InChI=1S/C22H24ClNO5S2/c1-14-11-16(6-8-19(14)29-13-21(25)26)5-4-10-24(3)31(27,28)22-15(2)18-12-17(23)7-9-20(18)30-22/h6-9,11-12H,4-5,10,13H2,1-3H3,(H,25,26). The lowest BCUT2D eigenvalue weighted by Crippen LogP contribution is -2.28. The minimum atomic E-state index is -3.60. The summed E-state index contributed by atoms with van der Waals surface area (Å²) < 4.78 is 34.1. The number of fused-ring (bicyclic) bond motifs is 1. The zero-order chi connectivity index (χ0) is 22.8. The molecule has 166 valence electrons. The van der Waals surface area contributed by atoms with Gasteiger partial charge in [0.15, 0.2) is 6.61 Å². The summed E-state index contributed by atoms with van der Waals surface area (Å²) in [6.07, 6.45) is 1.35. The van der Waals surface area contributed by atoms with Crippen molar-refractivity contribution in [3.05, 3.63) is 58.1 Å². The highest BCUT2D eigenvalue weighted by Gasteiger charge is 2.26. The summed E-state index contributed by atoms with van der Waals surface area (Å²) in [6, 6.07) is 11.0. The third-order valence-electron chi connectivity index (χ3n) is 5.03. The predicted molar refractivity (Wildman–Crippen MR) is 124 cm³/mol. The maximum absolute atomic E-state index is 13.1. The van der Waals surface area contributed by atoms with E-state index in [0.29, 0.717) is 34.4 Å². The van der Waals surface area contributed by atoms with Gasteiger partial charge < -0.3 is 9.84 Å². The second kappa shape index (κ2) is 9.56. The van der Waals surface area contributed by atoms with Crippen molar-refractivity contribution in [3.8, 4) is 5.75 Å². The molecule has 0 radical (unpaired) electrons. The van der Waals surface area contributed by atoms with Gasteiger partial charge in [0.1, 0.15) is 9.96 Å². The smallest absolute Gasteiger partial charge is 0.341 e. The number of nitrogens with zero attached hydrogens (tertiary/aromatic N) is 1. The fraction of sp³-hybridized carbons (Fsp3) is 0.318. The van der Waals surface area contributed by atoms with Gasteiger partial charge in [-0.3, -0.25) is 0 Å². The Kier molecular flexibility index (Phi) is 7.26. The molecule has 0 unspecified atom stereocenters. The van der Waals surface area contributed by atoms with Crippen LogP contribution in [0, 0.1) is 13.8 Å². The zero-order valence-corrected chi connectivity index (χ0v) is 19.9. The van der Waals surface area contributed by atoms with Crippen LogP contribution in [0.25, 0.3) is 10.1 Å². The molecule has 0 bridgehead atoms. The van der Waals surface area contributed by atoms with Crippen LogP contribution in [-0.4, -0.2) is 44.0 Å². The van der Waals surface area contributed by atoms with E-state index >= 15 is 0 Å². The second-order valence-corrected chi connectivity index (χ2v) is 11.1. The van der Waals surface area contributed by atoms with E-state index in [1.54, 1.807) is 25.2 Å². The number of sulfonamides is 1. The van der Waals surface area contributed by atoms with E-state index in [1.165, 1.54) is 15.6 Å². The predicted octanol–water partition coefficient (Wildman–Crippen LogP) is 4.89. The summed E-state index contributed by atoms with van der Waals surface area (Å²) in [7, 11) is -2.00. The van der Waals surface area contributed by atoms with Crippen molar-refractivity contribution >= 4 is 49.0 Å². The first-order valence-electron chi connectivity index (χ1n) is 9.68. The average molecular weight is 482 g/mol. The number of benzene rings is 2. The van der Waals surface area contributed by atoms with Crippen LogP contribution >= 0.6 is 22.9 Å². The van der Waals surface area contributed by atoms with Crippen LogP contribution in [0.5, 0.6) is 5.75 Å². The van der Waals surface area contributed by atoms with Gasteiger partial charge in [-0.15, -0.1) is 11.3 Å². The fourth-order valence-electron chi connectivity index (χ4n) is 3.35. The lowest BCUT2D eigenvalue weighted by Gasteiger charge is -2.17. The maximum atomic E-state index is 13.1. The molecule has 1 heterocycles. The van der Waals surface area contributed by atoms with E-state index in [4.69, 9.17) is 21.4 Å². The van der Waals surface area contributed by atoms with Gasteiger partial charge in [0.2, 0.25) is 0 Å². The van der Waals surface area contributed by atoms with Gasteiger partial charge in [-0.25, -0.2) is 17.5 Å². The summed E-state index contributed by atoms with van der Waals surface area (Å²) in [5, 5.41) is 10.2. The van der Waals surface area contributed by atoms with Crippen LogP contribution in [0.3, 0.4) is 0 Å². The van der Waals surface area contributed by atoms with Crippen molar-refractivity contribution < 1.29 is 23.1 Å². The average Bonchev–Trinajstić information content (AvgIpc) is 3.04. The van der Waals surface area contributed by atoms with Crippen LogP contribution in [0.4, 0.5) is 0 Å². The molecule has 31 heavy (non-hydrogen) atoms. The summed E-state index contributed by atoms with van der Waals surface area (Å²) in [4.78, 5) is 10.6. The van der Waals surface area contributed by atoms with E-state index in [9.17, 15) is 13.2 Å². The van der Waals surface area contributed by atoms with Crippen molar-refractivity contribution in [1.29, 1.82) is 0 Å². The number of aryl methyl sites for hydroxylation is 3. The molecule has 0 saturated heterocycles. The number of halogens is 1. The van der Waals surface area contributed by atoms with Gasteiger partial charge in [-0.05, 0) is 73.0 Å². The first-order chi connectivity index (χ1) is 14.6. The zero-order valence-electron chi connectivity index (χ0n) is 17.5. The third-order valence-corrected chi connectivity index (χ3v) is 8.99. The second-order valence-electron chi connectivity index (χ2n) is 7.37. The lowest BCUT2D eigenvalue weighted by atomic mass is 10.1. The highest BCUT2D eigenvalue weighted by atomic mass is 35.5. The SMILES string of the molecule is Cc1cc(CCCN(C)S(=O)(=O)c2sc3ccc(Cl)cc3c2C)ccc1OCC(=O)O. The number of hydrogen-bond acceptors (Lipinski definition) is 5. The van der Waals surface area contributed by atoms with Crippen LogP contribution in [-0.2, 0) is 21.2 Å². The molecule has 0 spiro atoms. The molecule has 6 nitrogen and oxygen atoms in total. The minimum Gasteiger partial charge on any atom is -0.482 e. The molecule has 0 fully saturated rings.